The quantitative estimate of drug-likeness (QED) is 0.374. The minimum Gasteiger partial charge on any atom is -0.404 e. The van der Waals surface area contributed by atoms with Gasteiger partial charge in [0.25, 0.3) is 0 Å². The first-order chi connectivity index (χ1) is 13.0. The van der Waals surface area contributed by atoms with Crippen molar-refractivity contribution in [3.05, 3.63) is 58.0 Å². The number of aldehydes is 1. The van der Waals surface area contributed by atoms with E-state index in [-0.39, 0.29) is 6.54 Å². The topological polar surface area (TPSA) is 124 Å². The zero-order chi connectivity index (χ0) is 20.0. The molecule has 2 rings (SSSR count). The summed E-state index contributed by atoms with van der Waals surface area (Å²) in [6.45, 7) is 0.163. The number of nitrogens with two attached hydrogens (primary N) is 2. The number of carbonyl (C=O) groups is 1. The van der Waals surface area contributed by atoms with Crippen molar-refractivity contribution in [3.8, 4) is 0 Å². The third-order valence-electron chi connectivity index (χ3n) is 4.01. The normalized spacial score (nSPS) is 13.0. The molecule has 8 nitrogen and oxygen atoms in total. The van der Waals surface area contributed by atoms with Crippen molar-refractivity contribution in [2.75, 3.05) is 20.6 Å². The smallest absolute Gasteiger partial charge is 0.150 e. The number of nitrogens with zero attached hydrogens (tertiary/aromatic N) is 4. The van der Waals surface area contributed by atoms with Gasteiger partial charge in [0.1, 0.15) is 5.15 Å². The van der Waals surface area contributed by atoms with Gasteiger partial charge in [0, 0.05) is 50.6 Å². The molecule has 0 unspecified atom stereocenters. The molecule has 1 aromatic carbocycles. The van der Waals surface area contributed by atoms with Crippen LogP contribution in [0, 0.1) is 0 Å². The second kappa shape index (κ2) is 9.11. The molecule has 0 spiro atoms. The molecule has 2 aromatic rings. The Balaban J connectivity index is 2.62. The van der Waals surface area contributed by atoms with Crippen LogP contribution in [0.2, 0.25) is 5.15 Å². The summed E-state index contributed by atoms with van der Waals surface area (Å²) in [6.07, 6.45) is 3.84. The van der Waals surface area contributed by atoms with Gasteiger partial charge in [-0.1, -0.05) is 23.7 Å². The Labute approximate surface area is 162 Å². The van der Waals surface area contributed by atoms with Crippen LogP contribution in [0.1, 0.15) is 27.0 Å². The lowest BCUT2D eigenvalue weighted by atomic mass is 9.93. The van der Waals surface area contributed by atoms with E-state index in [9.17, 15) is 4.79 Å². The summed E-state index contributed by atoms with van der Waals surface area (Å²) in [5.74, 6) is 0. The third kappa shape index (κ3) is 4.07. The number of rotatable bonds is 7. The molecule has 142 valence electrons. The van der Waals surface area contributed by atoms with Gasteiger partial charge in [-0.2, -0.15) is 10.2 Å². The fraction of sp³-hybridized carbons (Fsp3) is 0.222. The minimum atomic E-state index is 0.163. The highest BCUT2D eigenvalue weighted by atomic mass is 35.5. The number of benzene rings is 1. The zero-order valence-corrected chi connectivity index (χ0v) is 16.2. The molecule has 5 N–H and O–H groups in total. The summed E-state index contributed by atoms with van der Waals surface area (Å²) in [6, 6.07) is 5.29. The number of hydrazone groups is 1. The van der Waals surface area contributed by atoms with E-state index in [1.165, 1.54) is 6.20 Å². The molecule has 0 saturated heterocycles. The monoisotopic (exact) mass is 387 g/mol. The van der Waals surface area contributed by atoms with E-state index in [1.54, 1.807) is 50.2 Å². The van der Waals surface area contributed by atoms with Crippen LogP contribution in [-0.4, -0.2) is 48.1 Å². The van der Waals surface area contributed by atoms with E-state index in [1.807, 2.05) is 0 Å². The number of allylic oxidation sites excluding steroid dienone is 1. The predicted molar refractivity (Wildman–Crippen MR) is 109 cm³/mol. The molecule has 0 aliphatic heterocycles. The summed E-state index contributed by atoms with van der Waals surface area (Å²) >= 11 is 6.33. The van der Waals surface area contributed by atoms with Gasteiger partial charge in [-0.05, 0) is 11.6 Å². The first kappa shape index (κ1) is 20.3. The van der Waals surface area contributed by atoms with Crippen molar-refractivity contribution < 1.29 is 4.79 Å². The molecule has 0 saturated carbocycles. The van der Waals surface area contributed by atoms with Crippen molar-refractivity contribution in [2.24, 2.45) is 28.6 Å². The number of aliphatic imine (C=N–C) groups is 1. The Bertz CT molecular complexity index is 928. The van der Waals surface area contributed by atoms with Crippen LogP contribution >= 0.6 is 11.6 Å². The van der Waals surface area contributed by atoms with E-state index < -0.39 is 0 Å². The predicted octanol–water partition coefficient (Wildman–Crippen LogP) is 1.19. The van der Waals surface area contributed by atoms with Gasteiger partial charge in [-0.3, -0.25) is 14.5 Å². The molecular weight excluding hydrogens is 366 g/mol. The highest BCUT2D eigenvalue weighted by molar-refractivity contribution is 6.39. The number of aromatic nitrogens is 2. The summed E-state index contributed by atoms with van der Waals surface area (Å²) < 4.78 is 1.54. The van der Waals surface area contributed by atoms with E-state index >= 15 is 0 Å². The number of aryl methyl sites for hydroxylation is 1. The lowest BCUT2D eigenvalue weighted by Crippen LogP contribution is -2.20. The Morgan fingerprint density at radius 2 is 2.15 bits per heavy atom. The second-order valence-electron chi connectivity index (χ2n) is 5.53. The molecule has 0 aliphatic rings. The minimum absolute atomic E-state index is 0.163. The van der Waals surface area contributed by atoms with Crippen molar-refractivity contribution in [2.45, 2.75) is 0 Å². The molecule has 0 atom stereocenters. The van der Waals surface area contributed by atoms with Crippen molar-refractivity contribution in [1.82, 2.24) is 15.2 Å². The van der Waals surface area contributed by atoms with E-state index in [0.29, 0.717) is 38.8 Å². The Morgan fingerprint density at radius 1 is 1.41 bits per heavy atom. The number of nitrogens with one attached hydrogen (secondary N) is 1. The first-order valence-electron chi connectivity index (χ1n) is 8.12. The van der Waals surface area contributed by atoms with E-state index in [4.69, 9.17) is 23.1 Å². The zero-order valence-electron chi connectivity index (χ0n) is 15.4. The van der Waals surface area contributed by atoms with Gasteiger partial charge in [0.05, 0.1) is 23.2 Å². The fourth-order valence-corrected chi connectivity index (χ4v) is 2.89. The molecule has 0 bridgehead atoms. The van der Waals surface area contributed by atoms with Crippen LogP contribution in [0.4, 0.5) is 0 Å². The standard InChI is InChI=1S/C18H22ClN7O/c1-22-17(15-9-24-26(3)18(15)19)14(7-20)11-4-5-12(10-27)13(6-11)16(8-21)25-23-2/h4-7,9-10,23H,8,20-21H2,1-3H3/b14-7-,22-17?,25-16-. The molecule has 1 aromatic heterocycles. The molecular formula is C18H22ClN7O. The Morgan fingerprint density at radius 3 is 2.63 bits per heavy atom. The number of hydrogen-bond donors (Lipinski definition) is 3. The maximum absolute atomic E-state index is 11.5. The highest BCUT2D eigenvalue weighted by Gasteiger charge is 2.19. The van der Waals surface area contributed by atoms with Gasteiger partial charge in [-0.15, -0.1) is 0 Å². The Kier molecular flexibility index (Phi) is 6.86. The van der Waals surface area contributed by atoms with Crippen LogP contribution in [-0.2, 0) is 7.05 Å². The largest absolute Gasteiger partial charge is 0.404 e. The lowest BCUT2D eigenvalue weighted by Gasteiger charge is -2.13. The van der Waals surface area contributed by atoms with Crippen LogP contribution < -0.4 is 16.9 Å². The van der Waals surface area contributed by atoms with Gasteiger partial charge in [0.2, 0.25) is 0 Å². The Hall–Kier alpha value is -2.97. The molecule has 1 heterocycles. The molecule has 0 aliphatic carbocycles. The molecule has 27 heavy (non-hydrogen) atoms. The van der Waals surface area contributed by atoms with Crippen LogP contribution in [0.25, 0.3) is 5.57 Å². The lowest BCUT2D eigenvalue weighted by molar-refractivity contribution is 0.112. The van der Waals surface area contributed by atoms with Gasteiger partial charge in [-0.25, -0.2) is 0 Å². The summed E-state index contributed by atoms with van der Waals surface area (Å²) in [4.78, 5) is 15.8. The highest BCUT2D eigenvalue weighted by Crippen LogP contribution is 2.26. The second-order valence-corrected chi connectivity index (χ2v) is 5.89. The maximum atomic E-state index is 11.5. The third-order valence-corrected chi connectivity index (χ3v) is 4.46. The number of halogens is 1. The van der Waals surface area contributed by atoms with Crippen molar-refractivity contribution in [3.63, 3.8) is 0 Å². The maximum Gasteiger partial charge on any atom is 0.150 e. The fourth-order valence-electron chi connectivity index (χ4n) is 2.71. The molecule has 0 amide bonds. The average Bonchev–Trinajstić information content (AvgIpc) is 3.02. The van der Waals surface area contributed by atoms with E-state index in [2.05, 4.69) is 20.6 Å². The number of carbonyl (C=O) groups excluding carboxylic acids is 1. The number of hydrogen-bond acceptors (Lipinski definition) is 7. The van der Waals surface area contributed by atoms with Gasteiger partial charge in [0.15, 0.2) is 6.29 Å². The van der Waals surface area contributed by atoms with Crippen LogP contribution in [0.5, 0.6) is 0 Å². The van der Waals surface area contributed by atoms with Crippen LogP contribution in [0.15, 0.2) is 40.7 Å². The van der Waals surface area contributed by atoms with Gasteiger partial charge >= 0.3 is 0 Å². The SMILES string of the molecule is CN=C(/C(=C\N)c1ccc(C=O)c(/C(CN)=N\NC)c1)c1cnn(C)c1Cl. The molecule has 0 radical (unpaired) electrons. The molecule has 0 fully saturated rings. The summed E-state index contributed by atoms with van der Waals surface area (Å²) in [5.41, 5.74) is 18.7. The first-order valence-corrected chi connectivity index (χ1v) is 8.50. The summed E-state index contributed by atoms with van der Waals surface area (Å²) in [5, 5.41) is 8.75. The van der Waals surface area contributed by atoms with Crippen molar-refractivity contribution >= 4 is 34.9 Å². The summed E-state index contributed by atoms with van der Waals surface area (Å²) in [7, 11) is 5.05. The average molecular weight is 388 g/mol. The van der Waals surface area contributed by atoms with E-state index in [0.717, 1.165) is 11.8 Å². The van der Waals surface area contributed by atoms with Crippen molar-refractivity contribution in [1.29, 1.82) is 0 Å². The molecule has 9 heteroatoms. The van der Waals surface area contributed by atoms with Crippen LogP contribution in [0.3, 0.4) is 0 Å². The van der Waals surface area contributed by atoms with Gasteiger partial charge < -0.3 is 16.9 Å².